The summed E-state index contributed by atoms with van der Waals surface area (Å²) in [4.78, 5) is 12.7. The van der Waals surface area contributed by atoms with E-state index in [1.54, 1.807) is 30.3 Å². The van der Waals surface area contributed by atoms with Crippen molar-refractivity contribution in [3.8, 4) is 17.6 Å². The van der Waals surface area contributed by atoms with Gasteiger partial charge in [-0.1, -0.05) is 41.4 Å². The Morgan fingerprint density at radius 1 is 1.15 bits per heavy atom. The van der Waals surface area contributed by atoms with Gasteiger partial charge in [-0.2, -0.15) is 5.26 Å². The van der Waals surface area contributed by atoms with Crippen LogP contribution >= 0.6 is 45.8 Å². The molecule has 168 valence electrons. The van der Waals surface area contributed by atoms with E-state index in [0.717, 1.165) is 14.7 Å². The van der Waals surface area contributed by atoms with Gasteiger partial charge in [0.1, 0.15) is 18.2 Å². The lowest BCUT2D eigenvalue weighted by molar-refractivity contribution is -0.112. The molecular weight excluding hydrogens is 574 g/mol. The van der Waals surface area contributed by atoms with Crippen LogP contribution in [0, 0.1) is 21.8 Å². The Morgan fingerprint density at radius 2 is 1.91 bits per heavy atom. The number of rotatable bonds is 7. The van der Waals surface area contributed by atoms with Gasteiger partial charge in [-0.05, 0) is 88.7 Å². The number of hydrogen-bond donors (Lipinski definition) is 1. The molecule has 0 saturated heterocycles. The first kappa shape index (κ1) is 24.9. The smallest absolute Gasteiger partial charge is 0.266 e. The van der Waals surface area contributed by atoms with Crippen LogP contribution in [-0.2, 0) is 11.4 Å². The van der Waals surface area contributed by atoms with Crippen molar-refractivity contribution < 1.29 is 14.3 Å². The summed E-state index contributed by atoms with van der Waals surface area (Å²) < 4.78 is 12.2. The topological polar surface area (TPSA) is 71.3 Å². The molecule has 3 aromatic carbocycles. The molecule has 0 heterocycles. The fourth-order valence-electron chi connectivity index (χ4n) is 2.98. The first-order valence-corrected chi connectivity index (χ1v) is 11.6. The molecule has 0 saturated carbocycles. The second kappa shape index (κ2) is 11.4. The van der Waals surface area contributed by atoms with Gasteiger partial charge in [0, 0.05) is 15.7 Å². The zero-order chi connectivity index (χ0) is 24.0. The monoisotopic (exact) mass is 592 g/mol. The highest BCUT2D eigenvalue weighted by atomic mass is 127. The number of carbonyl (C=O) groups excluding carboxylic acids is 1. The predicted molar refractivity (Wildman–Crippen MR) is 140 cm³/mol. The number of nitriles is 1. The lowest BCUT2D eigenvalue weighted by atomic mass is 10.1. The van der Waals surface area contributed by atoms with Crippen molar-refractivity contribution in [3.05, 3.63) is 90.5 Å². The van der Waals surface area contributed by atoms with E-state index in [-0.39, 0.29) is 5.57 Å². The van der Waals surface area contributed by atoms with E-state index in [2.05, 4.69) is 27.9 Å². The fraction of sp³-hybridized carbons (Fsp3) is 0.120. The largest absolute Gasteiger partial charge is 0.493 e. The number of nitrogens with one attached hydrogen (secondary N) is 1. The summed E-state index contributed by atoms with van der Waals surface area (Å²) in [5.41, 5.74) is 2.87. The third kappa shape index (κ3) is 6.64. The molecule has 0 aromatic heterocycles. The SMILES string of the molecule is COc1cc(/C=C(\C#N)C(=O)Nc2cc(Cl)ccc2C)cc(I)c1OCc1cccc(Cl)c1. The van der Waals surface area contributed by atoms with Gasteiger partial charge < -0.3 is 14.8 Å². The van der Waals surface area contributed by atoms with Crippen LogP contribution in [0.25, 0.3) is 6.08 Å². The molecule has 0 aliphatic heterocycles. The molecule has 5 nitrogen and oxygen atoms in total. The summed E-state index contributed by atoms with van der Waals surface area (Å²) in [7, 11) is 1.53. The molecule has 3 aromatic rings. The summed E-state index contributed by atoms with van der Waals surface area (Å²) >= 11 is 14.2. The molecule has 33 heavy (non-hydrogen) atoms. The lowest BCUT2D eigenvalue weighted by Gasteiger charge is -2.14. The highest BCUT2D eigenvalue weighted by molar-refractivity contribution is 14.1. The minimum atomic E-state index is -0.530. The predicted octanol–water partition coefficient (Wildman–Crippen LogP) is 7.04. The standard InChI is InChI=1S/C25H19Cl2IN2O3/c1-15-6-7-20(27)12-22(15)30-25(31)18(13-29)8-17-10-21(28)24(23(11-17)32-2)33-14-16-4-3-5-19(26)9-16/h3-12H,14H2,1-2H3,(H,30,31)/b18-8+. The van der Waals surface area contributed by atoms with Crippen LogP contribution in [0.15, 0.2) is 60.2 Å². The first-order chi connectivity index (χ1) is 15.8. The average Bonchev–Trinajstić information content (AvgIpc) is 2.78. The number of carbonyl (C=O) groups is 1. The summed E-state index contributed by atoms with van der Waals surface area (Å²) in [5.74, 6) is 0.518. The Kier molecular flexibility index (Phi) is 8.61. The molecule has 0 spiro atoms. The fourth-order valence-corrected chi connectivity index (χ4v) is 4.15. The summed E-state index contributed by atoms with van der Waals surface area (Å²) in [6, 6.07) is 18.1. The Labute approximate surface area is 216 Å². The number of nitrogens with zero attached hydrogens (tertiary/aromatic N) is 1. The number of halogens is 3. The third-order valence-electron chi connectivity index (χ3n) is 4.65. The third-order valence-corrected chi connectivity index (χ3v) is 5.92. The van der Waals surface area contributed by atoms with Crippen molar-refractivity contribution in [2.24, 2.45) is 0 Å². The number of methoxy groups -OCH3 is 1. The van der Waals surface area contributed by atoms with Crippen molar-refractivity contribution in [3.63, 3.8) is 0 Å². The van der Waals surface area contributed by atoms with Crippen LogP contribution in [0.5, 0.6) is 11.5 Å². The van der Waals surface area contributed by atoms with Gasteiger partial charge in [0.2, 0.25) is 0 Å². The zero-order valence-corrected chi connectivity index (χ0v) is 21.5. The van der Waals surface area contributed by atoms with Crippen LogP contribution in [0.3, 0.4) is 0 Å². The molecule has 0 bridgehead atoms. The molecule has 0 fully saturated rings. The minimum Gasteiger partial charge on any atom is -0.493 e. The van der Waals surface area contributed by atoms with Gasteiger partial charge in [-0.3, -0.25) is 4.79 Å². The molecule has 8 heteroatoms. The summed E-state index contributed by atoms with van der Waals surface area (Å²) in [6.07, 6.45) is 1.50. The number of ether oxygens (including phenoxy) is 2. The van der Waals surface area contributed by atoms with Crippen LogP contribution in [0.4, 0.5) is 5.69 Å². The van der Waals surface area contributed by atoms with Crippen molar-refractivity contribution in [2.75, 3.05) is 12.4 Å². The molecular formula is C25H19Cl2IN2O3. The highest BCUT2D eigenvalue weighted by Gasteiger charge is 2.15. The van der Waals surface area contributed by atoms with E-state index in [0.29, 0.717) is 39.4 Å². The molecule has 0 unspecified atom stereocenters. The van der Waals surface area contributed by atoms with E-state index in [4.69, 9.17) is 32.7 Å². The molecule has 3 rings (SSSR count). The normalized spacial score (nSPS) is 11.0. The van der Waals surface area contributed by atoms with Gasteiger partial charge in [-0.25, -0.2) is 0 Å². The molecule has 0 aliphatic rings. The van der Waals surface area contributed by atoms with Crippen LogP contribution in [0.1, 0.15) is 16.7 Å². The van der Waals surface area contributed by atoms with Gasteiger partial charge in [0.25, 0.3) is 5.91 Å². The maximum absolute atomic E-state index is 12.7. The maximum atomic E-state index is 12.7. The Hall–Kier alpha value is -2.73. The van der Waals surface area contributed by atoms with Gasteiger partial charge >= 0.3 is 0 Å². The molecule has 0 aliphatic carbocycles. The maximum Gasteiger partial charge on any atom is 0.266 e. The van der Waals surface area contributed by atoms with Crippen molar-refractivity contribution in [2.45, 2.75) is 13.5 Å². The van der Waals surface area contributed by atoms with E-state index in [9.17, 15) is 10.1 Å². The van der Waals surface area contributed by atoms with Gasteiger partial charge in [-0.15, -0.1) is 0 Å². The first-order valence-electron chi connectivity index (χ1n) is 9.74. The van der Waals surface area contributed by atoms with Crippen LogP contribution in [-0.4, -0.2) is 13.0 Å². The average molecular weight is 593 g/mol. The van der Waals surface area contributed by atoms with Crippen LogP contribution < -0.4 is 14.8 Å². The van der Waals surface area contributed by atoms with E-state index in [1.807, 2.05) is 37.3 Å². The van der Waals surface area contributed by atoms with Crippen LogP contribution in [0.2, 0.25) is 10.0 Å². The van der Waals surface area contributed by atoms with Crippen molar-refractivity contribution in [1.82, 2.24) is 0 Å². The number of benzene rings is 3. The molecule has 0 radical (unpaired) electrons. The number of anilines is 1. The highest BCUT2D eigenvalue weighted by Crippen LogP contribution is 2.35. The molecule has 0 atom stereocenters. The number of aryl methyl sites for hydroxylation is 1. The Bertz CT molecular complexity index is 1270. The summed E-state index contributed by atoms with van der Waals surface area (Å²) in [6.45, 7) is 2.16. The van der Waals surface area contributed by atoms with Crippen molar-refractivity contribution in [1.29, 1.82) is 5.26 Å². The van der Waals surface area contributed by atoms with Gasteiger partial charge in [0.15, 0.2) is 11.5 Å². The van der Waals surface area contributed by atoms with E-state index >= 15 is 0 Å². The lowest BCUT2D eigenvalue weighted by Crippen LogP contribution is -2.14. The quantitative estimate of drug-likeness (QED) is 0.181. The zero-order valence-electron chi connectivity index (χ0n) is 17.8. The number of hydrogen-bond acceptors (Lipinski definition) is 4. The van der Waals surface area contributed by atoms with E-state index < -0.39 is 5.91 Å². The second-order valence-electron chi connectivity index (χ2n) is 7.04. The second-order valence-corrected chi connectivity index (χ2v) is 9.07. The van der Waals surface area contributed by atoms with Crippen molar-refractivity contribution >= 4 is 63.5 Å². The Balaban J connectivity index is 1.84. The summed E-state index contributed by atoms with van der Waals surface area (Å²) in [5, 5.41) is 13.4. The Morgan fingerprint density at radius 3 is 2.61 bits per heavy atom. The number of amides is 1. The molecule has 1 amide bonds. The van der Waals surface area contributed by atoms with E-state index in [1.165, 1.54) is 13.2 Å². The van der Waals surface area contributed by atoms with Gasteiger partial charge in [0.05, 0.1) is 10.7 Å². The minimum absolute atomic E-state index is 0.0557. The molecule has 1 N–H and O–H groups in total.